The van der Waals surface area contributed by atoms with Crippen LogP contribution < -0.4 is 5.32 Å². The Morgan fingerprint density at radius 3 is 2.74 bits per heavy atom. The Hall–Kier alpha value is -1.10. The van der Waals surface area contributed by atoms with Gasteiger partial charge in [-0.2, -0.15) is 0 Å². The molecule has 2 N–H and O–H groups in total. The molecule has 0 aliphatic rings. The molecule has 0 heterocycles. The van der Waals surface area contributed by atoms with Gasteiger partial charge in [-0.05, 0) is 40.2 Å². The lowest BCUT2D eigenvalue weighted by Gasteiger charge is -2.15. The molecule has 0 aliphatic heterocycles. The molecule has 2 aromatic rings. The molecule has 0 spiro atoms. The summed E-state index contributed by atoms with van der Waals surface area (Å²) in [5.74, 6) is -0.335. The van der Waals surface area contributed by atoms with Crippen LogP contribution in [0.15, 0.2) is 46.9 Å². The smallest absolute Gasteiger partial charge is 0.125 e. The highest BCUT2D eigenvalue weighted by Gasteiger charge is 2.11. The monoisotopic (exact) mass is 343 g/mol. The van der Waals surface area contributed by atoms with E-state index in [2.05, 4.69) is 21.2 Å². The average Bonchev–Trinajstić information content (AvgIpc) is 2.40. The minimum Gasteiger partial charge on any atom is -0.387 e. The number of rotatable bonds is 4. The van der Waals surface area contributed by atoms with Crippen LogP contribution in [-0.4, -0.2) is 11.7 Å². The van der Waals surface area contributed by atoms with Gasteiger partial charge in [0.25, 0.3) is 0 Å². The summed E-state index contributed by atoms with van der Waals surface area (Å²) in [6, 6.07) is 11.4. The van der Waals surface area contributed by atoms with Gasteiger partial charge >= 0.3 is 0 Å². The molecule has 100 valence electrons. The lowest BCUT2D eigenvalue weighted by atomic mass is 10.1. The Kier molecular flexibility index (Phi) is 4.80. The Morgan fingerprint density at radius 2 is 2.00 bits per heavy atom. The molecular weight excluding hydrogens is 333 g/mol. The number of aliphatic hydroxyl groups is 1. The molecule has 0 bridgehead atoms. The van der Waals surface area contributed by atoms with Crippen molar-refractivity contribution in [1.82, 2.24) is 0 Å². The standard InChI is InChI=1S/C14H12BrClFNO/c15-11-6-5-9(17)7-13(11)18-8-14(19)10-3-1-2-4-12(10)16/h1-7,14,18-19H,8H2. The number of anilines is 1. The zero-order valence-corrected chi connectivity index (χ0v) is 12.2. The molecule has 0 saturated heterocycles. The van der Waals surface area contributed by atoms with E-state index < -0.39 is 6.10 Å². The molecular formula is C14H12BrClFNO. The number of benzene rings is 2. The summed E-state index contributed by atoms with van der Waals surface area (Å²) in [4.78, 5) is 0. The van der Waals surface area contributed by atoms with E-state index in [9.17, 15) is 9.50 Å². The third-order valence-corrected chi connectivity index (χ3v) is 3.71. The van der Waals surface area contributed by atoms with Gasteiger partial charge < -0.3 is 10.4 Å². The second kappa shape index (κ2) is 6.37. The molecule has 0 aromatic heterocycles. The normalized spacial score (nSPS) is 12.2. The highest BCUT2D eigenvalue weighted by molar-refractivity contribution is 9.10. The van der Waals surface area contributed by atoms with Gasteiger partial charge in [0, 0.05) is 21.6 Å². The fourth-order valence-corrected chi connectivity index (χ4v) is 2.34. The SMILES string of the molecule is OC(CNc1cc(F)ccc1Br)c1ccccc1Cl. The summed E-state index contributed by atoms with van der Waals surface area (Å²) >= 11 is 9.31. The molecule has 1 unspecified atom stereocenters. The molecule has 0 fully saturated rings. The quantitative estimate of drug-likeness (QED) is 0.862. The van der Waals surface area contributed by atoms with Crippen LogP contribution in [0.5, 0.6) is 0 Å². The molecule has 1 atom stereocenters. The topological polar surface area (TPSA) is 32.3 Å². The van der Waals surface area contributed by atoms with E-state index in [1.54, 1.807) is 24.3 Å². The molecule has 0 aliphatic carbocycles. The number of halogens is 3. The Balaban J connectivity index is 2.06. The Morgan fingerprint density at radius 1 is 1.26 bits per heavy atom. The summed E-state index contributed by atoms with van der Waals surface area (Å²) in [5, 5.41) is 13.6. The summed E-state index contributed by atoms with van der Waals surface area (Å²) in [7, 11) is 0. The summed E-state index contributed by atoms with van der Waals surface area (Å²) in [6.45, 7) is 0.242. The summed E-state index contributed by atoms with van der Waals surface area (Å²) < 4.78 is 13.9. The first-order chi connectivity index (χ1) is 9.08. The highest BCUT2D eigenvalue weighted by atomic mass is 79.9. The fraction of sp³-hybridized carbons (Fsp3) is 0.143. The summed E-state index contributed by atoms with van der Waals surface area (Å²) in [5.41, 5.74) is 1.23. The van der Waals surface area contributed by atoms with Crippen molar-refractivity contribution in [3.8, 4) is 0 Å². The largest absolute Gasteiger partial charge is 0.387 e. The van der Waals surface area contributed by atoms with E-state index in [0.717, 1.165) is 4.47 Å². The van der Waals surface area contributed by atoms with E-state index in [1.807, 2.05) is 6.07 Å². The van der Waals surface area contributed by atoms with Crippen LogP contribution in [-0.2, 0) is 0 Å². The van der Waals surface area contributed by atoms with Crippen LogP contribution >= 0.6 is 27.5 Å². The molecule has 0 amide bonds. The van der Waals surface area contributed by atoms with Crippen molar-refractivity contribution in [2.45, 2.75) is 6.10 Å². The van der Waals surface area contributed by atoms with Crippen LogP contribution in [0.3, 0.4) is 0 Å². The second-order valence-corrected chi connectivity index (χ2v) is 5.30. The molecule has 2 aromatic carbocycles. The summed E-state index contributed by atoms with van der Waals surface area (Å²) in [6.07, 6.45) is -0.760. The van der Waals surface area contributed by atoms with Crippen LogP contribution in [0.4, 0.5) is 10.1 Å². The number of hydrogen-bond donors (Lipinski definition) is 2. The third kappa shape index (κ3) is 3.69. The Labute approximate surface area is 124 Å². The van der Waals surface area contributed by atoms with Crippen molar-refractivity contribution in [1.29, 1.82) is 0 Å². The fourth-order valence-electron chi connectivity index (χ4n) is 1.69. The zero-order valence-electron chi connectivity index (χ0n) is 9.91. The third-order valence-electron chi connectivity index (χ3n) is 2.68. The minimum absolute atomic E-state index is 0.242. The molecule has 19 heavy (non-hydrogen) atoms. The second-order valence-electron chi connectivity index (χ2n) is 4.04. The lowest BCUT2D eigenvalue weighted by molar-refractivity contribution is 0.191. The van der Waals surface area contributed by atoms with Gasteiger partial charge in [-0.15, -0.1) is 0 Å². The maximum absolute atomic E-state index is 13.1. The van der Waals surface area contributed by atoms with Crippen LogP contribution in [0.25, 0.3) is 0 Å². The molecule has 2 rings (SSSR count). The first-order valence-corrected chi connectivity index (χ1v) is 6.86. The van der Waals surface area contributed by atoms with Crippen molar-refractivity contribution in [2.75, 3.05) is 11.9 Å². The van der Waals surface area contributed by atoms with Crippen molar-refractivity contribution >= 4 is 33.2 Å². The first-order valence-electron chi connectivity index (χ1n) is 5.69. The predicted molar refractivity (Wildman–Crippen MR) is 79.0 cm³/mol. The van der Waals surface area contributed by atoms with Crippen LogP contribution in [0, 0.1) is 5.82 Å². The van der Waals surface area contributed by atoms with E-state index >= 15 is 0 Å². The molecule has 0 radical (unpaired) electrons. The molecule has 5 heteroatoms. The van der Waals surface area contributed by atoms with E-state index in [4.69, 9.17) is 11.6 Å². The van der Waals surface area contributed by atoms with Crippen LogP contribution in [0.2, 0.25) is 5.02 Å². The predicted octanol–water partition coefficient (Wildman–Crippen LogP) is 4.39. The lowest BCUT2D eigenvalue weighted by Crippen LogP contribution is -2.13. The van der Waals surface area contributed by atoms with Crippen LogP contribution in [0.1, 0.15) is 11.7 Å². The maximum atomic E-state index is 13.1. The number of nitrogens with one attached hydrogen (secondary N) is 1. The van der Waals surface area contributed by atoms with Crippen molar-refractivity contribution < 1.29 is 9.50 Å². The molecule has 0 saturated carbocycles. The van der Waals surface area contributed by atoms with Gasteiger partial charge in [-0.3, -0.25) is 0 Å². The average molecular weight is 345 g/mol. The Bertz CT molecular complexity index is 579. The van der Waals surface area contributed by atoms with Gasteiger partial charge in [0.15, 0.2) is 0 Å². The van der Waals surface area contributed by atoms with Gasteiger partial charge in [-0.25, -0.2) is 4.39 Å². The zero-order chi connectivity index (χ0) is 13.8. The number of aliphatic hydroxyl groups excluding tert-OH is 1. The van der Waals surface area contributed by atoms with E-state index in [0.29, 0.717) is 16.3 Å². The minimum atomic E-state index is -0.760. The van der Waals surface area contributed by atoms with Gasteiger partial charge in [-0.1, -0.05) is 29.8 Å². The van der Waals surface area contributed by atoms with E-state index in [1.165, 1.54) is 12.1 Å². The van der Waals surface area contributed by atoms with Gasteiger partial charge in [0.05, 0.1) is 11.8 Å². The molecule has 2 nitrogen and oxygen atoms in total. The van der Waals surface area contributed by atoms with Gasteiger partial charge in [0.1, 0.15) is 5.82 Å². The highest BCUT2D eigenvalue weighted by Crippen LogP contribution is 2.26. The maximum Gasteiger partial charge on any atom is 0.125 e. The van der Waals surface area contributed by atoms with E-state index in [-0.39, 0.29) is 12.4 Å². The van der Waals surface area contributed by atoms with Crippen molar-refractivity contribution in [3.05, 3.63) is 63.3 Å². The van der Waals surface area contributed by atoms with Gasteiger partial charge in [0.2, 0.25) is 0 Å². The first kappa shape index (κ1) is 14.3. The van der Waals surface area contributed by atoms with Crippen molar-refractivity contribution in [3.63, 3.8) is 0 Å². The van der Waals surface area contributed by atoms with Crippen molar-refractivity contribution in [2.24, 2.45) is 0 Å². The number of hydrogen-bond acceptors (Lipinski definition) is 2.